The van der Waals surface area contributed by atoms with Crippen molar-refractivity contribution in [2.75, 3.05) is 13.2 Å². The van der Waals surface area contributed by atoms with E-state index >= 15 is 0 Å². The Morgan fingerprint density at radius 1 is 1.44 bits per heavy atom. The van der Waals surface area contributed by atoms with Gasteiger partial charge in [0, 0.05) is 6.54 Å². The van der Waals surface area contributed by atoms with Gasteiger partial charge in [-0.05, 0) is 32.8 Å². The van der Waals surface area contributed by atoms with Gasteiger partial charge < -0.3 is 14.4 Å². The van der Waals surface area contributed by atoms with E-state index in [0.29, 0.717) is 11.3 Å². The predicted octanol–water partition coefficient (Wildman–Crippen LogP) is 2.27. The maximum Gasteiger partial charge on any atom is 0.257 e. The number of aliphatic hydroxyl groups is 1. The van der Waals surface area contributed by atoms with Crippen molar-refractivity contribution >= 4 is 5.91 Å². The normalized spacial score (nSPS) is 20.8. The summed E-state index contributed by atoms with van der Waals surface area (Å²) in [5.74, 6) is 1.41. The van der Waals surface area contributed by atoms with Crippen molar-refractivity contribution in [2.45, 2.75) is 45.6 Å². The minimum Gasteiger partial charge on any atom is -0.466 e. The lowest BCUT2D eigenvalue weighted by atomic mass is 10.1. The summed E-state index contributed by atoms with van der Waals surface area (Å²) in [4.78, 5) is 14.3. The first kappa shape index (κ1) is 13.1. The second-order valence-electron chi connectivity index (χ2n) is 5.01. The largest absolute Gasteiger partial charge is 0.466 e. The van der Waals surface area contributed by atoms with E-state index in [2.05, 4.69) is 0 Å². The Kier molecular flexibility index (Phi) is 4.07. The van der Waals surface area contributed by atoms with Crippen LogP contribution in [0.4, 0.5) is 0 Å². The maximum atomic E-state index is 12.5. The molecule has 0 spiro atoms. The number of amides is 1. The molecule has 1 aliphatic heterocycles. The summed E-state index contributed by atoms with van der Waals surface area (Å²) in [5, 5.41) is 9.44. The molecule has 1 N–H and O–H groups in total. The fraction of sp³-hybridized carbons (Fsp3) is 0.643. The van der Waals surface area contributed by atoms with Gasteiger partial charge in [-0.1, -0.05) is 12.8 Å². The topological polar surface area (TPSA) is 53.7 Å². The van der Waals surface area contributed by atoms with Crippen molar-refractivity contribution in [3.63, 3.8) is 0 Å². The van der Waals surface area contributed by atoms with Gasteiger partial charge >= 0.3 is 0 Å². The molecule has 18 heavy (non-hydrogen) atoms. The highest BCUT2D eigenvalue weighted by Crippen LogP contribution is 2.22. The molecule has 0 aliphatic carbocycles. The molecule has 1 aromatic heterocycles. The number of nitrogens with zero attached hydrogens (tertiary/aromatic N) is 1. The fourth-order valence-electron chi connectivity index (χ4n) is 2.63. The lowest BCUT2D eigenvalue weighted by molar-refractivity contribution is 0.0598. The molecule has 100 valence electrons. The Balaban J connectivity index is 2.22. The molecule has 1 unspecified atom stereocenters. The van der Waals surface area contributed by atoms with E-state index in [-0.39, 0.29) is 18.6 Å². The van der Waals surface area contributed by atoms with Crippen LogP contribution >= 0.6 is 0 Å². The predicted molar refractivity (Wildman–Crippen MR) is 68.6 cm³/mol. The molecule has 0 bridgehead atoms. The summed E-state index contributed by atoms with van der Waals surface area (Å²) in [6.45, 7) is 4.43. The van der Waals surface area contributed by atoms with Gasteiger partial charge in [-0.2, -0.15) is 0 Å². The number of carbonyl (C=O) groups is 1. The van der Waals surface area contributed by atoms with Crippen molar-refractivity contribution in [3.8, 4) is 0 Å². The highest BCUT2D eigenvalue weighted by Gasteiger charge is 2.27. The summed E-state index contributed by atoms with van der Waals surface area (Å²) in [6, 6.07) is 1.74. The van der Waals surface area contributed by atoms with Crippen molar-refractivity contribution in [2.24, 2.45) is 0 Å². The number of furan rings is 1. The SMILES string of the molecule is Cc1cc(C(=O)N2CCCCCC2CO)c(C)o1. The van der Waals surface area contributed by atoms with Crippen LogP contribution < -0.4 is 0 Å². The first-order valence-corrected chi connectivity index (χ1v) is 6.62. The number of hydrogen-bond acceptors (Lipinski definition) is 3. The van der Waals surface area contributed by atoms with Gasteiger partial charge in [0.25, 0.3) is 5.91 Å². The molecule has 4 nitrogen and oxygen atoms in total. The molecular weight excluding hydrogens is 230 g/mol. The van der Waals surface area contributed by atoms with Gasteiger partial charge in [-0.15, -0.1) is 0 Å². The van der Waals surface area contributed by atoms with Crippen molar-refractivity contribution in [3.05, 3.63) is 23.2 Å². The van der Waals surface area contributed by atoms with Crippen molar-refractivity contribution in [1.29, 1.82) is 0 Å². The lowest BCUT2D eigenvalue weighted by Crippen LogP contribution is -2.42. The van der Waals surface area contributed by atoms with E-state index in [0.717, 1.165) is 38.0 Å². The van der Waals surface area contributed by atoms with Crippen LogP contribution in [0, 0.1) is 13.8 Å². The zero-order valence-corrected chi connectivity index (χ0v) is 11.1. The number of hydrogen-bond donors (Lipinski definition) is 1. The van der Waals surface area contributed by atoms with Gasteiger partial charge in [0.15, 0.2) is 0 Å². The molecule has 0 aromatic carbocycles. The van der Waals surface area contributed by atoms with Gasteiger partial charge in [0.2, 0.25) is 0 Å². The van der Waals surface area contributed by atoms with Crippen molar-refractivity contribution in [1.82, 2.24) is 4.90 Å². The number of rotatable bonds is 2. The molecule has 4 heteroatoms. The third-order valence-corrected chi connectivity index (χ3v) is 3.62. The van der Waals surface area contributed by atoms with Gasteiger partial charge in [-0.25, -0.2) is 0 Å². The Morgan fingerprint density at radius 3 is 2.83 bits per heavy atom. The van der Waals surface area contributed by atoms with Crippen LogP contribution in [0.2, 0.25) is 0 Å². The minimum atomic E-state index is -0.0467. The number of likely N-dealkylation sites (tertiary alicyclic amines) is 1. The van der Waals surface area contributed by atoms with Gasteiger partial charge in [-0.3, -0.25) is 4.79 Å². The standard InChI is InChI=1S/C14H21NO3/c1-10-8-13(11(2)18-10)14(17)15-7-5-3-4-6-12(15)9-16/h8,12,16H,3-7,9H2,1-2H3. The van der Waals surface area contributed by atoms with Crippen LogP contribution in [0.25, 0.3) is 0 Å². The lowest BCUT2D eigenvalue weighted by Gasteiger charge is -2.28. The van der Waals surface area contributed by atoms with E-state index in [1.54, 1.807) is 6.07 Å². The summed E-state index contributed by atoms with van der Waals surface area (Å²) in [7, 11) is 0. The van der Waals surface area contributed by atoms with Gasteiger partial charge in [0.05, 0.1) is 18.2 Å². The minimum absolute atomic E-state index is 0.00898. The monoisotopic (exact) mass is 251 g/mol. The fourth-order valence-corrected chi connectivity index (χ4v) is 2.63. The molecular formula is C14H21NO3. The van der Waals surface area contributed by atoms with E-state index in [4.69, 9.17) is 4.42 Å². The second kappa shape index (κ2) is 5.57. The molecule has 1 aromatic rings. The first-order chi connectivity index (χ1) is 8.63. The number of carbonyl (C=O) groups excluding carboxylic acids is 1. The van der Waals surface area contributed by atoms with E-state index < -0.39 is 0 Å². The van der Waals surface area contributed by atoms with Crippen LogP contribution in [0.15, 0.2) is 10.5 Å². The second-order valence-corrected chi connectivity index (χ2v) is 5.01. The highest BCUT2D eigenvalue weighted by molar-refractivity contribution is 5.95. The average Bonchev–Trinajstić information content (AvgIpc) is 2.56. The van der Waals surface area contributed by atoms with Crippen molar-refractivity contribution < 1.29 is 14.3 Å². The van der Waals surface area contributed by atoms with Gasteiger partial charge in [0.1, 0.15) is 11.5 Å². The number of aliphatic hydroxyl groups excluding tert-OH is 1. The van der Waals surface area contributed by atoms with Crippen LogP contribution in [0.3, 0.4) is 0 Å². The smallest absolute Gasteiger partial charge is 0.257 e. The van der Waals surface area contributed by atoms with Crippen LogP contribution in [-0.2, 0) is 0 Å². The highest BCUT2D eigenvalue weighted by atomic mass is 16.3. The Bertz CT molecular complexity index is 425. The quantitative estimate of drug-likeness (QED) is 0.877. The first-order valence-electron chi connectivity index (χ1n) is 6.62. The van der Waals surface area contributed by atoms with Crippen LogP contribution in [0.1, 0.15) is 47.6 Å². The molecule has 0 saturated carbocycles. The molecule has 1 fully saturated rings. The average molecular weight is 251 g/mol. The zero-order valence-electron chi connectivity index (χ0n) is 11.1. The van der Waals surface area contributed by atoms with Crippen LogP contribution in [-0.4, -0.2) is 35.1 Å². The molecule has 2 rings (SSSR count). The molecule has 1 amide bonds. The van der Waals surface area contributed by atoms with E-state index in [1.807, 2.05) is 18.7 Å². The molecule has 1 aliphatic rings. The Labute approximate surface area is 108 Å². The maximum absolute atomic E-state index is 12.5. The Hall–Kier alpha value is -1.29. The third kappa shape index (κ3) is 2.58. The van der Waals surface area contributed by atoms with E-state index in [1.165, 1.54) is 0 Å². The summed E-state index contributed by atoms with van der Waals surface area (Å²) in [6.07, 6.45) is 4.11. The van der Waals surface area contributed by atoms with Crippen LogP contribution in [0.5, 0.6) is 0 Å². The molecule has 2 heterocycles. The zero-order chi connectivity index (χ0) is 13.1. The Morgan fingerprint density at radius 2 is 2.22 bits per heavy atom. The summed E-state index contributed by atoms with van der Waals surface area (Å²) >= 11 is 0. The number of aryl methyl sites for hydroxylation is 2. The summed E-state index contributed by atoms with van der Waals surface area (Å²) in [5.41, 5.74) is 0.632. The molecule has 1 atom stereocenters. The molecule has 1 saturated heterocycles. The molecule has 0 radical (unpaired) electrons. The van der Waals surface area contributed by atoms with E-state index in [9.17, 15) is 9.90 Å². The third-order valence-electron chi connectivity index (χ3n) is 3.62. The summed E-state index contributed by atoms with van der Waals surface area (Å²) < 4.78 is 5.42.